The van der Waals surface area contributed by atoms with Crippen molar-refractivity contribution in [1.82, 2.24) is 10.6 Å². The number of carbonyl (C=O) groups excluding carboxylic acids is 2. The molecule has 128 valence electrons. The Hall–Kier alpha value is -2.77. The van der Waals surface area contributed by atoms with E-state index in [9.17, 15) is 22.8 Å². The summed E-state index contributed by atoms with van der Waals surface area (Å²) in [5.74, 6) is -0.703. The van der Waals surface area contributed by atoms with Crippen molar-refractivity contribution in [1.29, 1.82) is 0 Å². The van der Waals surface area contributed by atoms with Crippen LogP contribution in [0.15, 0.2) is 42.5 Å². The number of nitrogens with zero attached hydrogens (tertiary/aromatic N) is 1. The van der Waals surface area contributed by atoms with Crippen LogP contribution in [-0.4, -0.2) is 38.3 Å². The molecule has 2 N–H and O–H groups in total. The summed E-state index contributed by atoms with van der Waals surface area (Å²) in [5, 5.41) is 5.47. The molecule has 2 rings (SSSR count). The number of anilines is 1. The number of imide groups is 1. The molecule has 0 aliphatic rings. The summed E-state index contributed by atoms with van der Waals surface area (Å²) in [4.78, 5) is 24.6. The van der Waals surface area contributed by atoms with Crippen LogP contribution in [0.4, 0.5) is 23.7 Å². The number of urea groups is 1. The van der Waals surface area contributed by atoms with Crippen molar-refractivity contribution < 1.29 is 22.8 Å². The van der Waals surface area contributed by atoms with E-state index in [1.807, 2.05) is 47.8 Å². The van der Waals surface area contributed by atoms with E-state index in [0.29, 0.717) is 0 Å². The summed E-state index contributed by atoms with van der Waals surface area (Å²) >= 11 is 0. The van der Waals surface area contributed by atoms with Crippen molar-refractivity contribution in [3.8, 4) is 0 Å². The summed E-state index contributed by atoms with van der Waals surface area (Å²) < 4.78 is 35.9. The zero-order valence-corrected chi connectivity index (χ0v) is 12.9. The second-order valence-electron chi connectivity index (χ2n) is 5.23. The topological polar surface area (TPSA) is 61.4 Å². The molecule has 0 saturated heterocycles. The molecule has 0 spiro atoms. The van der Waals surface area contributed by atoms with E-state index in [1.54, 1.807) is 17.3 Å². The number of carbonyl (C=O) groups is 2. The van der Waals surface area contributed by atoms with Gasteiger partial charge in [0.2, 0.25) is 5.91 Å². The Morgan fingerprint density at radius 2 is 1.75 bits per heavy atom. The minimum atomic E-state index is -4.53. The van der Waals surface area contributed by atoms with Gasteiger partial charge in [0.25, 0.3) is 0 Å². The zero-order valence-electron chi connectivity index (χ0n) is 12.9. The molecule has 8 heteroatoms. The average Bonchev–Trinajstić information content (AvgIpc) is 2.51. The summed E-state index contributed by atoms with van der Waals surface area (Å²) in [6.45, 7) is -1.66. The lowest BCUT2D eigenvalue weighted by atomic mass is 10.1. The Labute approximate surface area is 136 Å². The van der Waals surface area contributed by atoms with Crippen molar-refractivity contribution in [2.24, 2.45) is 0 Å². The van der Waals surface area contributed by atoms with Crippen LogP contribution in [0.25, 0.3) is 10.8 Å². The van der Waals surface area contributed by atoms with Crippen LogP contribution in [0.1, 0.15) is 0 Å². The predicted octanol–water partition coefficient (Wildman–Crippen LogP) is 2.66. The van der Waals surface area contributed by atoms with Crippen molar-refractivity contribution in [2.45, 2.75) is 6.18 Å². The second-order valence-corrected chi connectivity index (χ2v) is 5.23. The first-order chi connectivity index (χ1) is 11.2. The van der Waals surface area contributed by atoms with Gasteiger partial charge in [0, 0.05) is 12.7 Å². The highest BCUT2D eigenvalue weighted by molar-refractivity contribution is 5.96. The number of rotatable bonds is 4. The fourth-order valence-electron chi connectivity index (χ4n) is 2.11. The molecule has 0 atom stereocenters. The molecule has 0 heterocycles. The van der Waals surface area contributed by atoms with Crippen LogP contribution < -0.4 is 15.5 Å². The van der Waals surface area contributed by atoms with E-state index in [-0.39, 0.29) is 6.54 Å². The number of nitrogens with one attached hydrogen (secondary N) is 2. The maximum atomic E-state index is 12.0. The van der Waals surface area contributed by atoms with Crippen LogP contribution in [0, 0.1) is 0 Å². The Bertz CT molecular complexity index is 747. The quantitative estimate of drug-likeness (QED) is 0.900. The maximum absolute atomic E-state index is 12.0. The molecule has 0 unspecified atom stereocenters. The van der Waals surface area contributed by atoms with Crippen LogP contribution in [0.2, 0.25) is 0 Å². The number of halogens is 3. The highest BCUT2D eigenvalue weighted by Crippen LogP contribution is 2.21. The van der Waals surface area contributed by atoms with Crippen molar-refractivity contribution in [3.05, 3.63) is 42.5 Å². The number of fused-ring (bicyclic) bond motifs is 1. The average molecular weight is 339 g/mol. The Balaban J connectivity index is 1.91. The minimum absolute atomic E-state index is 0.169. The molecular weight excluding hydrogens is 323 g/mol. The fraction of sp³-hybridized carbons (Fsp3) is 0.250. The molecule has 2 aromatic carbocycles. The molecule has 0 fully saturated rings. The summed E-state index contributed by atoms with van der Waals surface area (Å²) in [7, 11) is 1.65. The molecular formula is C16H16F3N3O2. The monoisotopic (exact) mass is 339 g/mol. The largest absolute Gasteiger partial charge is 0.405 e. The standard InChI is InChI=1S/C16H16F3N3O2/c1-22(9-14(23)21-15(24)20-10-16(17,18)19)13-7-6-11-4-2-3-5-12(11)8-13/h2-8H,9-10H2,1H3,(H2,20,21,23,24). The first-order valence-corrected chi connectivity index (χ1v) is 7.09. The third-order valence-electron chi connectivity index (χ3n) is 3.26. The molecule has 0 aromatic heterocycles. The maximum Gasteiger partial charge on any atom is 0.405 e. The molecule has 0 aliphatic heterocycles. The zero-order chi connectivity index (χ0) is 17.7. The minimum Gasteiger partial charge on any atom is -0.365 e. The van der Waals surface area contributed by atoms with Crippen molar-refractivity contribution in [3.63, 3.8) is 0 Å². The molecule has 2 aromatic rings. The van der Waals surface area contributed by atoms with Crippen LogP contribution in [0.3, 0.4) is 0 Å². The second kappa shape index (κ2) is 7.20. The predicted molar refractivity (Wildman–Crippen MR) is 84.8 cm³/mol. The molecule has 0 saturated carbocycles. The van der Waals surface area contributed by atoms with E-state index >= 15 is 0 Å². The Morgan fingerprint density at radius 1 is 1.08 bits per heavy atom. The number of benzene rings is 2. The summed E-state index contributed by atoms with van der Waals surface area (Å²) in [5.41, 5.74) is 0.750. The van der Waals surface area contributed by atoms with Gasteiger partial charge in [0.1, 0.15) is 6.54 Å². The molecule has 0 aliphatic carbocycles. The van der Waals surface area contributed by atoms with Crippen molar-refractivity contribution >= 4 is 28.4 Å². The number of amides is 3. The van der Waals surface area contributed by atoms with Crippen LogP contribution in [0.5, 0.6) is 0 Å². The lowest BCUT2D eigenvalue weighted by Gasteiger charge is -2.19. The van der Waals surface area contributed by atoms with Crippen LogP contribution in [-0.2, 0) is 4.79 Å². The van der Waals surface area contributed by atoms with Crippen molar-refractivity contribution in [2.75, 3.05) is 25.0 Å². The van der Waals surface area contributed by atoms with E-state index < -0.39 is 24.7 Å². The van der Waals surface area contributed by atoms with E-state index in [4.69, 9.17) is 0 Å². The fourth-order valence-corrected chi connectivity index (χ4v) is 2.11. The summed E-state index contributed by atoms with van der Waals surface area (Å²) in [6, 6.07) is 12.1. The molecule has 24 heavy (non-hydrogen) atoms. The van der Waals surface area contributed by atoms with Gasteiger partial charge in [0.05, 0.1) is 6.54 Å². The van der Waals surface area contributed by atoms with Gasteiger partial charge in [-0.1, -0.05) is 30.3 Å². The summed E-state index contributed by atoms with van der Waals surface area (Å²) in [6.07, 6.45) is -4.53. The van der Waals surface area contributed by atoms with Gasteiger partial charge in [-0.15, -0.1) is 0 Å². The van der Waals surface area contributed by atoms with E-state index in [0.717, 1.165) is 16.5 Å². The van der Waals surface area contributed by atoms with Gasteiger partial charge in [-0.2, -0.15) is 13.2 Å². The van der Waals surface area contributed by atoms with Gasteiger partial charge >= 0.3 is 12.2 Å². The SMILES string of the molecule is CN(CC(=O)NC(=O)NCC(F)(F)F)c1ccc2ccccc2c1. The normalized spacial score (nSPS) is 11.2. The Kier molecular flexibility index (Phi) is 5.28. The Morgan fingerprint density at radius 3 is 2.42 bits per heavy atom. The number of hydrogen-bond acceptors (Lipinski definition) is 3. The van der Waals surface area contributed by atoms with Gasteiger partial charge in [-0.05, 0) is 22.9 Å². The molecule has 5 nitrogen and oxygen atoms in total. The number of alkyl halides is 3. The van der Waals surface area contributed by atoms with Gasteiger partial charge in [0.15, 0.2) is 0 Å². The van der Waals surface area contributed by atoms with E-state index in [1.165, 1.54) is 0 Å². The van der Waals surface area contributed by atoms with Gasteiger partial charge in [-0.3, -0.25) is 10.1 Å². The molecule has 3 amide bonds. The number of hydrogen-bond donors (Lipinski definition) is 2. The van der Waals surface area contributed by atoms with Crippen LogP contribution >= 0.6 is 0 Å². The highest BCUT2D eigenvalue weighted by Gasteiger charge is 2.28. The molecule has 0 radical (unpaired) electrons. The lowest BCUT2D eigenvalue weighted by Crippen LogP contribution is -2.46. The first kappa shape index (κ1) is 17.6. The van der Waals surface area contributed by atoms with Gasteiger partial charge < -0.3 is 10.2 Å². The third-order valence-corrected chi connectivity index (χ3v) is 3.26. The van der Waals surface area contributed by atoms with E-state index in [2.05, 4.69) is 0 Å². The molecule has 0 bridgehead atoms. The third kappa shape index (κ3) is 5.15. The lowest BCUT2D eigenvalue weighted by molar-refractivity contribution is -0.124. The number of likely N-dealkylation sites (N-methyl/N-ethyl adjacent to an activating group) is 1. The van der Waals surface area contributed by atoms with Gasteiger partial charge in [-0.25, -0.2) is 4.79 Å². The highest BCUT2D eigenvalue weighted by atomic mass is 19.4. The first-order valence-electron chi connectivity index (χ1n) is 7.09. The smallest absolute Gasteiger partial charge is 0.365 e.